The van der Waals surface area contributed by atoms with Crippen molar-refractivity contribution in [2.24, 2.45) is 5.41 Å². The van der Waals surface area contributed by atoms with Crippen LogP contribution < -0.4 is 14.2 Å². The lowest BCUT2D eigenvalue weighted by atomic mass is 9.90. The third-order valence-electron chi connectivity index (χ3n) is 3.82. The summed E-state index contributed by atoms with van der Waals surface area (Å²) in [7, 11) is 3.30. The van der Waals surface area contributed by atoms with Gasteiger partial charge < -0.3 is 14.2 Å². The summed E-state index contributed by atoms with van der Waals surface area (Å²) in [4.78, 5) is 0. The lowest BCUT2D eigenvalue weighted by Crippen LogP contribution is -2.27. The van der Waals surface area contributed by atoms with Crippen molar-refractivity contribution < 1.29 is 14.2 Å². The van der Waals surface area contributed by atoms with Gasteiger partial charge in [-0.05, 0) is 12.8 Å². The molecule has 106 valence electrons. The summed E-state index contributed by atoms with van der Waals surface area (Å²) in [6.07, 6.45) is 5.07. The monoisotopic (exact) mass is 328 g/mol. The number of hydrogen-bond donors (Lipinski definition) is 0. The van der Waals surface area contributed by atoms with E-state index in [1.807, 2.05) is 18.2 Å². The largest absolute Gasteiger partial charge is 0.496 e. The van der Waals surface area contributed by atoms with Gasteiger partial charge in [0.1, 0.15) is 17.2 Å². The molecule has 0 spiro atoms. The first kappa shape index (κ1) is 14.5. The maximum Gasteiger partial charge on any atom is 0.126 e. The van der Waals surface area contributed by atoms with Gasteiger partial charge in [0, 0.05) is 28.9 Å². The van der Waals surface area contributed by atoms with Gasteiger partial charge in [-0.15, -0.1) is 0 Å². The van der Waals surface area contributed by atoms with Gasteiger partial charge in [0.25, 0.3) is 0 Å². The molecule has 4 heteroatoms. The molecule has 1 aliphatic rings. The molecule has 1 aromatic rings. The summed E-state index contributed by atoms with van der Waals surface area (Å²) in [5.41, 5.74) is 0.288. The lowest BCUT2D eigenvalue weighted by Gasteiger charge is -2.26. The molecule has 0 aromatic heterocycles. The van der Waals surface area contributed by atoms with Crippen LogP contribution in [0.2, 0.25) is 0 Å². The predicted octanol–water partition coefficient (Wildman–Crippen LogP) is 4.04. The highest BCUT2D eigenvalue weighted by atomic mass is 79.9. The first-order valence-corrected chi connectivity index (χ1v) is 7.75. The van der Waals surface area contributed by atoms with Gasteiger partial charge >= 0.3 is 0 Å². The van der Waals surface area contributed by atoms with E-state index in [0.717, 1.165) is 29.2 Å². The molecule has 0 heterocycles. The third-order valence-corrected chi connectivity index (χ3v) is 5.01. The number of halogens is 1. The second-order valence-corrected chi connectivity index (χ2v) is 5.74. The summed E-state index contributed by atoms with van der Waals surface area (Å²) >= 11 is 3.63. The molecule has 1 aliphatic carbocycles. The lowest BCUT2D eigenvalue weighted by molar-refractivity contribution is 0.173. The van der Waals surface area contributed by atoms with E-state index >= 15 is 0 Å². The molecular formula is C15H21BrO3. The Hall–Kier alpha value is -0.900. The Morgan fingerprint density at radius 3 is 2.00 bits per heavy atom. The minimum atomic E-state index is 0.288. The summed E-state index contributed by atoms with van der Waals surface area (Å²) in [5.74, 6) is 2.32. The van der Waals surface area contributed by atoms with Crippen LogP contribution in [0.1, 0.15) is 25.7 Å². The van der Waals surface area contributed by atoms with Crippen molar-refractivity contribution >= 4 is 15.9 Å². The number of methoxy groups -OCH3 is 2. The molecule has 1 saturated carbocycles. The molecule has 0 saturated heterocycles. The Labute approximate surface area is 123 Å². The van der Waals surface area contributed by atoms with E-state index in [2.05, 4.69) is 15.9 Å². The fraction of sp³-hybridized carbons (Fsp3) is 0.600. The fourth-order valence-electron chi connectivity index (χ4n) is 2.54. The molecule has 0 amide bonds. The summed E-state index contributed by atoms with van der Waals surface area (Å²) in [5, 5.41) is 1.00. The average molecular weight is 329 g/mol. The smallest absolute Gasteiger partial charge is 0.126 e. The molecule has 3 nitrogen and oxygen atoms in total. The highest BCUT2D eigenvalue weighted by molar-refractivity contribution is 9.09. The molecule has 1 fully saturated rings. The molecule has 1 aromatic carbocycles. The Balaban J connectivity index is 2.06. The SMILES string of the molecule is COc1cc(OC)cc(OCC2(CBr)CCCC2)c1. The average Bonchev–Trinajstić information content (AvgIpc) is 2.94. The molecule has 0 bridgehead atoms. The Morgan fingerprint density at radius 1 is 1.00 bits per heavy atom. The fourth-order valence-corrected chi connectivity index (χ4v) is 3.27. The Morgan fingerprint density at radius 2 is 1.53 bits per heavy atom. The molecule has 0 N–H and O–H groups in total. The van der Waals surface area contributed by atoms with Crippen LogP contribution in [0, 0.1) is 5.41 Å². The van der Waals surface area contributed by atoms with E-state index in [9.17, 15) is 0 Å². The van der Waals surface area contributed by atoms with E-state index in [-0.39, 0.29) is 5.41 Å². The van der Waals surface area contributed by atoms with Crippen LogP contribution in [-0.2, 0) is 0 Å². The van der Waals surface area contributed by atoms with Crippen LogP contribution >= 0.6 is 15.9 Å². The minimum Gasteiger partial charge on any atom is -0.496 e. The molecule has 0 radical (unpaired) electrons. The zero-order valence-corrected chi connectivity index (χ0v) is 13.2. The van der Waals surface area contributed by atoms with Gasteiger partial charge in [-0.3, -0.25) is 0 Å². The van der Waals surface area contributed by atoms with Crippen molar-refractivity contribution in [1.82, 2.24) is 0 Å². The summed E-state index contributed by atoms with van der Waals surface area (Å²) < 4.78 is 16.5. The van der Waals surface area contributed by atoms with Gasteiger partial charge in [-0.25, -0.2) is 0 Å². The minimum absolute atomic E-state index is 0.288. The van der Waals surface area contributed by atoms with Crippen molar-refractivity contribution in [1.29, 1.82) is 0 Å². The van der Waals surface area contributed by atoms with Crippen molar-refractivity contribution in [3.63, 3.8) is 0 Å². The molecule has 0 unspecified atom stereocenters. The Kier molecular flexibility index (Phi) is 4.97. The highest BCUT2D eigenvalue weighted by Gasteiger charge is 2.33. The summed E-state index contributed by atoms with van der Waals surface area (Å²) in [6, 6.07) is 5.65. The number of alkyl halides is 1. The maximum atomic E-state index is 5.98. The first-order valence-electron chi connectivity index (χ1n) is 6.63. The van der Waals surface area contributed by atoms with Crippen molar-refractivity contribution in [2.45, 2.75) is 25.7 Å². The van der Waals surface area contributed by atoms with Crippen molar-refractivity contribution in [2.75, 3.05) is 26.2 Å². The highest BCUT2D eigenvalue weighted by Crippen LogP contribution is 2.40. The second-order valence-electron chi connectivity index (χ2n) is 5.18. The third kappa shape index (κ3) is 3.56. The predicted molar refractivity (Wildman–Crippen MR) is 79.7 cm³/mol. The quantitative estimate of drug-likeness (QED) is 0.737. The number of rotatable bonds is 6. The normalized spacial score (nSPS) is 17.2. The van der Waals surface area contributed by atoms with E-state index < -0.39 is 0 Å². The zero-order chi connectivity index (χ0) is 13.7. The van der Waals surface area contributed by atoms with Gasteiger partial charge in [-0.1, -0.05) is 28.8 Å². The van der Waals surface area contributed by atoms with E-state index in [1.165, 1.54) is 25.7 Å². The van der Waals surface area contributed by atoms with Gasteiger partial charge in [0.2, 0.25) is 0 Å². The Bertz CT molecular complexity index is 392. The number of hydrogen-bond acceptors (Lipinski definition) is 3. The van der Waals surface area contributed by atoms with Gasteiger partial charge in [0.05, 0.1) is 20.8 Å². The topological polar surface area (TPSA) is 27.7 Å². The van der Waals surface area contributed by atoms with Crippen molar-refractivity contribution in [3.05, 3.63) is 18.2 Å². The van der Waals surface area contributed by atoms with E-state index in [4.69, 9.17) is 14.2 Å². The van der Waals surface area contributed by atoms with Crippen LogP contribution in [0.25, 0.3) is 0 Å². The van der Waals surface area contributed by atoms with E-state index in [0.29, 0.717) is 0 Å². The summed E-state index contributed by atoms with van der Waals surface area (Å²) in [6.45, 7) is 0.745. The molecular weight excluding hydrogens is 308 g/mol. The van der Waals surface area contributed by atoms with Crippen LogP contribution in [0.3, 0.4) is 0 Å². The number of ether oxygens (including phenoxy) is 3. The molecule has 0 aliphatic heterocycles. The molecule has 2 rings (SSSR count). The first-order chi connectivity index (χ1) is 9.21. The van der Waals surface area contributed by atoms with E-state index in [1.54, 1.807) is 14.2 Å². The van der Waals surface area contributed by atoms with Crippen LogP contribution in [0.15, 0.2) is 18.2 Å². The standard InChI is InChI=1S/C15H21BrO3/c1-17-12-7-13(18-2)9-14(8-12)19-11-15(10-16)5-3-4-6-15/h7-9H,3-6,10-11H2,1-2H3. The maximum absolute atomic E-state index is 5.98. The molecule has 19 heavy (non-hydrogen) atoms. The number of benzene rings is 1. The van der Waals surface area contributed by atoms with Gasteiger partial charge in [-0.2, -0.15) is 0 Å². The second kappa shape index (κ2) is 6.51. The van der Waals surface area contributed by atoms with Crippen LogP contribution in [0.4, 0.5) is 0 Å². The van der Waals surface area contributed by atoms with Gasteiger partial charge in [0.15, 0.2) is 0 Å². The zero-order valence-electron chi connectivity index (χ0n) is 11.6. The van der Waals surface area contributed by atoms with Crippen LogP contribution in [0.5, 0.6) is 17.2 Å². The molecule has 0 atom stereocenters. The van der Waals surface area contributed by atoms with Crippen LogP contribution in [-0.4, -0.2) is 26.2 Å². The van der Waals surface area contributed by atoms with Crippen molar-refractivity contribution in [3.8, 4) is 17.2 Å².